The quantitative estimate of drug-likeness (QED) is 0.604. The molecule has 1 saturated heterocycles. The Morgan fingerprint density at radius 2 is 1.96 bits per heavy atom. The van der Waals surface area contributed by atoms with Crippen molar-refractivity contribution in [3.63, 3.8) is 0 Å². The molecule has 4 nitrogen and oxygen atoms in total. The summed E-state index contributed by atoms with van der Waals surface area (Å²) in [5.41, 5.74) is 2.94. The Bertz CT molecular complexity index is 1070. The molecule has 1 aliphatic rings. The second-order valence-corrected chi connectivity index (χ2v) is 8.26. The van der Waals surface area contributed by atoms with Gasteiger partial charge in [0.2, 0.25) is 0 Å². The van der Waals surface area contributed by atoms with Crippen molar-refractivity contribution in [3.05, 3.63) is 63.0 Å². The highest BCUT2D eigenvalue weighted by Gasteiger charge is 2.22. The van der Waals surface area contributed by atoms with E-state index in [2.05, 4.69) is 11.8 Å². The number of aromatic hydroxyl groups is 1. The summed E-state index contributed by atoms with van der Waals surface area (Å²) in [6.07, 6.45) is 2.38. The summed E-state index contributed by atoms with van der Waals surface area (Å²) >= 11 is 5.98. The summed E-state index contributed by atoms with van der Waals surface area (Å²) in [5.74, 6) is 0.809. The SMILES string of the molecule is Cc1c(-c2ccc(Cl)cc2)c(=O)oc2c(CN3CCC[C@@H](C)C3)c(O)ccc12. The lowest BCUT2D eigenvalue weighted by Gasteiger charge is -2.31. The van der Waals surface area contributed by atoms with Crippen molar-refractivity contribution in [2.75, 3.05) is 13.1 Å². The topological polar surface area (TPSA) is 53.7 Å². The number of rotatable bonds is 3. The summed E-state index contributed by atoms with van der Waals surface area (Å²) in [4.78, 5) is 15.2. The summed E-state index contributed by atoms with van der Waals surface area (Å²) in [6.45, 7) is 6.73. The fourth-order valence-corrected chi connectivity index (χ4v) is 4.34. The molecule has 2 heterocycles. The van der Waals surface area contributed by atoms with Crippen LogP contribution in [0.3, 0.4) is 0 Å². The molecule has 1 fully saturated rings. The zero-order chi connectivity index (χ0) is 19.8. The predicted octanol–water partition coefficient (Wildman–Crippen LogP) is 5.36. The third kappa shape index (κ3) is 3.54. The number of benzene rings is 2. The molecule has 2 aromatic carbocycles. The summed E-state index contributed by atoms with van der Waals surface area (Å²) < 4.78 is 5.76. The van der Waals surface area contributed by atoms with Gasteiger partial charge in [0, 0.05) is 23.5 Å². The number of hydrogen-bond acceptors (Lipinski definition) is 4. The molecule has 1 aliphatic heterocycles. The maximum Gasteiger partial charge on any atom is 0.344 e. The van der Waals surface area contributed by atoms with E-state index in [0.29, 0.717) is 34.2 Å². The molecule has 0 saturated carbocycles. The van der Waals surface area contributed by atoms with E-state index in [0.717, 1.165) is 36.0 Å². The molecule has 0 amide bonds. The number of aryl methyl sites for hydroxylation is 1. The molecule has 0 radical (unpaired) electrons. The predicted molar refractivity (Wildman–Crippen MR) is 113 cm³/mol. The van der Waals surface area contributed by atoms with Gasteiger partial charge in [0.15, 0.2) is 0 Å². The molecular weight excluding hydrogens is 374 g/mol. The molecule has 3 aromatic rings. The lowest BCUT2D eigenvalue weighted by Crippen LogP contribution is -2.33. The molecule has 0 spiro atoms. The van der Waals surface area contributed by atoms with Crippen LogP contribution in [-0.4, -0.2) is 23.1 Å². The van der Waals surface area contributed by atoms with Crippen LogP contribution < -0.4 is 5.63 Å². The van der Waals surface area contributed by atoms with Crippen molar-refractivity contribution in [2.45, 2.75) is 33.2 Å². The fourth-order valence-electron chi connectivity index (χ4n) is 4.22. The summed E-state index contributed by atoms with van der Waals surface area (Å²) in [6, 6.07) is 10.7. The molecule has 0 aliphatic carbocycles. The number of phenolic OH excluding ortho intramolecular Hbond substituents is 1. The monoisotopic (exact) mass is 397 g/mol. The number of likely N-dealkylation sites (tertiary alicyclic amines) is 1. The number of hydrogen-bond donors (Lipinski definition) is 1. The molecular formula is C23H24ClNO3. The Labute approximate surface area is 169 Å². The van der Waals surface area contributed by atoms with Crippen molar-refractivity contribution in [2.24, 2.45) is 5.92 Å². The second-order valence-electron chi connectivity index (χ2n) is 7.82. The maximum absolute atomic E-state index is 12.9. The zero-order valence-corrected chi connectivity index (χ0v) is 16.9. The van der Waals surface area contributed by atoms with Crippen LogP contribution in [0.15, 0.2) is 45.6 Å². The van der Waals surface area contributed by atoms with Gasteiger partial charge >= 0.3 is 5.63 Å². The molecule has 4 rings (SSSR count). The van der Waals surface area contributed by atoms with Gasteiger partial charge in [0.05, 0.1) is 11.1 Å². The molecule has 5 heteroatoms. The Morgan fingerprint density at radius 1 is 1.21 bits per heavy atom. The average Bonchev–Trinajstić information content (AvgIpc) is 2.66. The van der Waals surface area contributed by atoms with Gasteiger partial charge in [-0.2, -0.15) is 0 Å². The Kier molecular flexibility index (Phi) is 5.17. The Hall–Kier alpha value is -2.30. The first-order valence-corrected chi connectivity index (χ1v) is 10.1. The highest BCUT2D eigenvalue weighted by molar-refractivity contribution is 6.30. The van der Waals surface area contributed by atoms with Crippen molar-refractivity contribution < 1.29 is 9.52 Å². The van der Waals surface area contributed by atoms with E-state index in [1.165, 1.54) is 6.42 Å². The van der Waals surface area contributed by atoms with Crippen LogP contribution in [0.25, 0.3) is 22.1 Å². The molecule has 28 heavy (non-hydrogen) atoms. The number of halogens is 1. The van der Waals surface area contributed by atoms with Gasteiger partial charge in [-0.05, 0) is 67.6 Å². The van der Waals surface area contributed by atoms with E-state index in [9.17, 15) is 9.90 Å². The van der Waals surface area contributed by atoms with Crippen molar-refractivity contribution >= 4 is 22.6 Å². The number of nitrogens with zero attached hydrogens (tertiary/aromatic N) is 1. The van der Waals surface area contributed by atoms with E-state index in [1.54, 1.807) is 18.2 Å². The maximum atomic E-state index is 12.9. The van der Waals surface area contributed by atoms with E-state index in [1.807, 2.05) is 25.1 Å². The van der Waals surface area contributed by atoms with Crippen molar-refractivity contribution in [1.82, 2.24) is 4.90 Å². The molecule has 0 bridgehead atoms. The van der Waals surface area contributed by atoms with E-state index in [4.69, 9.17) is 16.0 Å². The highest BCUT2D eigenvalue weighted by atomic mass is 35.5. The van der Waals surface area contributed by atoms with Gasteiger partial charge in [0.1, 0.15) is 11.3 Å². The normalized spacial score (nSPS) is 17.9. The minimum absolute atomic E-state index is 0.174. The molecule has 0 unspecified atom stereocenters. The number of phenols is 1. The van der Waals surface area contributed by atoms with Crippen LogP contribution in [-0.2, 0) is 6.54 Å². The van der Waals surface area contributed by atoms with E-state index >= 15 is 0 Å². The minimum atomic E-state index is -0.397. The number of fused-ring (bicyclic) bond motifs is 1. The first-order valence-electron chi connectivity index (χ1n) is 9.70. The van der Waals surface area contributed by atoms with Gasteiger partial charge in [-0.1, -0.05) is 30.7 Å². The third-order valence-electron chi connectivity index (χ3n) is 5.67. The average molecular weight is 398 g/mol. The fraction of sp³-hybridized carbons (Fsp3) is 0.348. The minimum Gasteiger partial charge on any atom is -0.507 e. The van der Waals surface area contributed by atoms with Crippen LogP contribution in [0.2, 0.25) is 5.02 Å². The van der Waals surface area contributed by atoms with Gasteiger partial charge in [0.25, 0.3) is 0 Å². The lowest BCUT2D eigenvalue weighted by atomic mass is 9.96. The van der Waals surface area contributed by atoms with Crippen LogP contribution >= 0.6 is 11.6 Å². The van der Waals surface area contributed by atoms with E-state index in [-0.39, 0.29) is 5.75 Å². The van der Waals surface area contributed by atoms with Gasteiger partial charge in [-0.25, -0.2) is 4.79 Å². The molecule has 1 N–H and O–H groups in total. The van der Waals surface area contributed by atoms with Crippen molar-refractivity contribution in [1.29, 1.82) is 0 Å². The molecule has 1 aromatic heterocycles. The van der Waals surface area contributed by atoms with Crippen LogP contribution in [0.1, 0.15) is 30.9 Å². The summed E-state index contributed by atoms with van der Waals surface area (Å²) in [7, 11) is 0. The van der Waals surface area contributed by atoms with Crippen molar-refractivity contribution in [3.8, 4) is 16.9 Å². The first-order chi connectivity index (χ1) is 13.4. The standard InChI is InChI=1S/C23H24ClNO3/c1-14-4-3-11-25(12-14)13-19-20(26)10-9-18-15(2)21(23(27)28-22(18)19)16-5-7-17(24)8-6-16/h5-10,14,26H,3-4,11-13H2,1-2H3/t14-/m1/s1. The smallest absolute Gasteiger partial charge is 0.344 e. The van der Waals surface area contributed by atoms with Gasteiger partial charge in [-0.15, -0.1) is 0 Å². The highest BCUT2D eigenvalue weighted by Crippen LogP contribution is 2.34. The van der Waals surface area contributed by atoms with Crippen LogP contribution in [0.4, 0.5) is 0 Å². The van der Waals surface area contributed by atoms with Crippen LogP contribution in [0, 0.1) is 12.8 Å². The molecule has 1 atom stereocenters. The largest absolute Gasteiger partial charge is 0.507 e. The lowest BCUT2D eigenvalue weighted by molar-refractivity contribution is 0.175. The van der Waals surface area contributed by atoms with Crippen LogP contribution in [0.5, 0.6) is 5.75 Å². The molecule has 146 valence electrons. The third-order valence-corrected chi connectivity index (χ3v) is 5.92. The Morgan fingerprint density at radius 3 is 2.68 bits per heavy atom. The summed E-state index contributed by atoms with van der Waals surface area (Å²) in [5, 5.41) is 12.0. The first kappa shape index (κ1) is 19.0. The van der Waals surface area contributed by atoms with Gasteiger partial charge in [-0.3, -0.25) is 4.90 Å². The van der Waals surface area contributed by atoms with Gasteiger partial charge < -0.3 is 9.52 Å². The zero-order valence-electron chi connectivity index (χ0n) is 16.2. The second kappa shape index (κ2) is 7.61. The number of piperidine rings is 1. The Balaban J connectivity index is 1.83. The van der Waals surface area contributed by atoms with E-state index < -0.39 is 5.63 Å².